The summed E-state index contributed by atoms with van der Waals surface area (Å²) in [5, 5.41) is 14.5. The molecule has 0 aromatic heterocycles. The van der Waals surface area contributed by atoms with E-state index in [4.69, 9.17) is 4.74 Å². The number of methoxy groups -OCH3 is 1. The van der Waals surface area contributed by atoms with Gasteiger partial charge in [0.2, 0.25) is 5.91 Å². The quantitative estimate of drug-likeness (QED) is 0.207. The Morgan fingerprint density at radius 1 is 0.925 bits per heavy atom. The molecule has 0 fully saturated rings. The van der Waals surface area contributed by atoms with Crippen molar-refractivity contribution < 1.29 is 22.9 Å². The van der Waals surface area contributed by atoms with Crippen LogP contribution in [0.25, 0.3) is 0 Å². The van der Waals surface area contributed by atoms with Crippen LogP contribution in [0.5, 0.6) is 5.75 Å². The zero-order chi connectivity index (χ0) is 28.9. The number of rotatable bonds is 10. The SMILES string of the molecule is COc1ccc(N(CC(=O)N[C@H](c2ccccc2)c2ccc(C)cc2)S(=O)(=O)c2ccc(C)c([N+](=O)[O-])c2)cc1. The van der Waals surface area contributed by atoms with Crippen molar-refractivity contribution in [2.45, 2.75) is 24.8 Å². The Morgan fingerprint density at radius 2 is 1.55 bits per heavy atom. The van der Waals surface area contributed by atoms with Gasteiger partial charge >= 0.3 is 0 Å². The number of anilines is 1. The van der Waals surface area contributed by atoms with Crippen LogP contribution in [-0.2, 0) is 14.8 Å². The lowest BCUT2D eigenvalue weighted by molar-refractivity contribution is -0.385. The molecule has 0 aliphatic heterocycles. The first-order valence-corrected chi connectivity index (χ1v) is 13.9. The Balaban J connectivity index is 1.72. The monoisotopic (exact) mass is 559 g/mol. The lowest BCUT2D eigenvalue weighted by atomic mass is 9.98. The summed E-state index contributed by atoms with van der Waals surface area (Å²) in [4.78, 5) is 24.1. The Labute approximate surface area is 233 Å². The Bertz CT molecular complexity index is 1610. The molecule has 4 aromatic rings. The van der Waals surface area contributed by atoms with E-state index in [2.05, 4.69) is 5.32 Å². The highest BCUT2D eigenvalue weighted by atomic mass is 32.2. The molecule has 4 rings (SSSR count). The summed E-state index contributed by atoms with van der Waals surface area (Å²) in [6, 6.07) is 26.4. The molecule has 0 aliphatic rings. The molecule has 9 nitrogen and oxygen atoms in total. The van der Waals surface area contributed by atoms with Gasteiger partial charge in [-0.05, 0) is 55.3 Å². The van der Waals surface area contributed by atoms with Crippen LogP contribution in [0.4, 0.5) is 11.4 Å². The fourth-order valence-electron chi connectivity index (χ4n) is 4.24. The van der Waals surface area contributed by atoms with Crippen LogP contribution < -0.4 is 14.4 Å². The van der Waals surface area contributed by atoms with Crippen LogP contribution in [-0.4, -0.2) is 32.9 Å². The third-order valence-corrected chi connectivity index (χ3v) is 8.23. The molecular formula is C30H29N3O6S. The number of nitro benzene ring substituents is 1. The summed E-state index contributed by atoms with van der Waals surface area (Å²) < 4.78 is 33.9. The molecule has 0 unspecified atom stereocenters. The Kier molecular flexibility index (Phi) is 8.49. The number of nitrogens with zero attached hydrogens (tertiary/aromatic N) is 2. The Hall–Kier alpha value is -4.70. The topological polar surface area (TPSA) is 119 Å². The lowest BCUT2D eigenvalue weighted by Gasteiger charge is -2.26. The van der Waals surface area contributed by atoms with Gasteiger partial charge in [-0.2, -0.15) is 0 Å². The molecule has 1 amide bonds. The highest BCUT2D eigenvalue weighted by molar-refractivity contribution is 7.92. The van der Waals surface area contributed by atoms with E-state index in [0.717, 1.165) is 27.1 Å². The smallest absolute Gasteiger partial charge is 0.273 e. The van der Waals surface area contributed by atoms with Gasteiger partial charge in [-0.25, -0.2) is 8.42 Å². The molecule has 40 heavy (non-hydrogen) atoms. The third kappa shape index (κ3) is 6.29. The van der Waals surface area contributed by atoms with Gasteiger partial charge in [0.1, 0.15) is 12.3 Å². The maximum absolute atomic E-state index is 13.9. The number of carbonyl (C=O) groups is 1. The first kappa shape index (κ1) is 28.3. The van der Waals surface area contributed by atoms with E-state index in [0.29, 0.717) is 11.3 Å². The number of ether oxygens (including phenoxy) is 1. The fourth-order valence-corrected chi connectivity index (χ4v) is 5.68. The first-order chi connectivity index (χ1) is 19.1. The molecule has 206 valence electrons. The van der Waals surface area contributed by atoms with Gasteiger partial charge in [0.25, 0.3) is 15.7 Å². The van der Waals surface area contributed by atoms with Crippen LogP contribution in [0.1, 0.15) is 28.3 Å². The van der Waals surface area contributed by atoms with Crippen LogP contribution >= 0.6 is 0 Å². The molecule has 1 N–H and O–H groups in total. The van der Waals surface area contributed by atoms with Crippen molar-refractivity contribution in [1.82, 2.24) is 5.32 Å². The molecule has 0 heterocycles. The van der Waals surface area contributed by atoms with Crippen LogP contribution in [0, 0.1) is 24.0 Å². The van der Waals surface area contributed by atoms with Gasteiger partial charge < -0.3 is 10.1 Å². The molecule has 0 radical (unpaired) electrons. The zero-order valence-electron chi connectivity index (χ0n) is 22.3. The second-order valence-corrected chi connectivity index (χ2v) is 11.1. The minimum Gasteiger partial charge on any atom is -0.497 e. The number of amides is 1. The maximum Gasteiger partial charge on any atom is 0.273 e. The second kappa shape index (κ2) is 12.0. The number of carbonyl (C=O) groups excluding carboxylic acids is 1. The summed E-state index contributed by atoms with van der Waals surface area (Å²) in [7, 11) is -2.90. The molecule has 0 saturated carbocycles. The van der Waals surface area contributed by atoms with E-state index >= 15 is 0 Å². The Morgan fingerprint density at radius 3 is 2.15 bits per heavy atom. The number of nitro groups is 1. The number of hydrogen-bond donors (Lipinski definition) is 1. The van der Waals surface area contributed by atoms with Crippen LogP contribution in [0.2, 0.25) is 0 Å². The van der Waals surface area contributed by atoms with Crippen molar-refractivity contribution >= 4 is 27.3 Å². The molecule has 0 spiro atoms. The molecule has 0 bridgehead atoms. The van der Waals surface area contributed by atoms with Crippen molar-refractivity contribution in [2.24, 2.45) is 0 Å². The van der Waals surface area contributed by atoms with Crippen molar-refractivity contribution in [3.8, 4) is 5.75 Å². The fraction of sp³-hybridized carbons (Fsp3) is 0.167. The van der Waals surface area contributed by atoms with Crippen LogP contribution in [0.3, 0.4) is 0 Å². The van der Waals surface area contributed by atoms with Crippen LogP contribution in [0.15, 0.2) is 102 Å². The molecule has 0 saturated heterocycles. The van der Waals surface area contributed by atoms with E-state index in [1.165, 1.54) is 38.3 Å². The molecular weight excluding hydrogens is 530 g/mol. The van der Waals surface area contributed by atoms with E-state index in [-0.39, 0.29) is 16.3 Å². The summed E-state index contributed by atoms with van der Waals surface area (Å²) in [6.45, 7) is 2.93. The van der Waals surface area contributed by atoms with Gasteiger partial charge in [-0.15, -0.1) is 0 Å². The summed E-state index contributed by atoms with van der Waals surface area (Å²) in [5.41, 5.74) is 2.91. The summed E-state index contributed by atoms with van der Waals surface area (Å²) >= 11 is 0. The second-order valence-electron chi connectivity index (χ2n) is 9.24. The van der Waals surface area contributed by atoms with Gasteiger partial charge in [-0.3, -0.25) is 19.2 Å². The third-order valence-electron chi connectivity index (χ3n) is 6.46. The number of benzene rings is 4. The van der Waals surface area contributed by atoms with Gasteiger partial charge in [0, 0.05) is 11.6 Å². The van der Waals surface area contributed by atoms with Gasteiger partial charge in [-0.1, -0.05) is 66.2 Å². The van der Waals surface area contributed by atoms with Gasteiger partial charge in [0.05, 0.1) is 28.7 Å². The predicted octanol–water partition coefficient (Wildman–Crippen LogP) is 5.32. The average molecular weight is 560 g/mol. The van der Waals surface area contributed by atoms with Crippen molar-refractivity contribution in [1.29, 1.82) is 0 Å². The predicted molar refractivity (Wildman–Crippen MR) is 153 cm³/mol. The summed E-state index contributed by atoms with van der Waals surface area (Å²) in [6.07, 6.45) is 0. The molecule has 1 atom stereocenters. The van der Waals surface area contributed by atoms with E-state index in [9.17, 15) is 23.3 Å². The van der Waals surface area contributed by atoms with Gasteiger partial charge in [0.15, 0.2) is 0 Å². The zero-order valence-corrected chi connectivity index (χ0v) is 23.1. The number of nitrogens with one attached hydrogen (secondary N) is 1. The van der Waals surface area contributed by atoms with Crippen molar-refractivity contribution in [2.75, 3.05) is 18.0 Å². The van der Waals surface area contributed by atoms with Crippen molar-refractivity contribution in [3.05, 3.63) is 129 Å². The minimum absolute atomic E-state index is 0.200. The van der Waals surface area contributed by atoms with E-state index in [1.54, 1.807) is 12.1 Å². The minimum atomic E-state index is -4.38. The van der Waals surface area contributed by atoms with E-state index in [1.807, 2.05) is 61.5 Å². The standard InChI is InChI=1S/C30H29N3O6S/c1-21-9-12-24(13-10-21)30(23-7-5-4-6-8-23)31-29(34)20-32(25-14-16-26(39-3)17-15-25)40(37,38)27-18-11-22(2)28(19-27)33(35)36/h4-19,30H,20H2,1-3H3,(H,31,34)/t30-/m1/s1. The highest BCUT2D eigenvalue weighted by Gasteiger charge is 2.30. The normalized spacial score (nSPS) is 11.9. The summed E-state index contributed by atoms with van der Waals surface area (Å²) in [5.74, 6) is -0.0598. The lowest BCUT2D eigenvalue weighted by Crippen LogP contribution is -2.42. The maximum atomic E-state index is 13.9. The van der Waals surface area contributed by atoms with Crippen molar-refractivity contribution in [3.63, 3.8) is 0 Å². The molecule has 0 aliphatic carbocycles. The largest absolute Gasteiger partial charge is 0.497 e. The number of aryl methyl sites for hydroxylation is 2. The molecule has 10 heteroatoms. The highest BCUT2D eigenvalue weighted by Crippen LogP contribution is 2.29. The number of sulfonamides is 1. The van der Waals surface area contributed by atoms with E-state index < -0.39 is 33.4 Å². The number of hydrogen-bond acceptors (Lipinski definition) is 6. The first-order valence-electron chi connectivity index (χ1n) is 12.4. The molecule has 4 aromatic carbocycles. The average Bonchev–Trinajstić information content (AvgIpc) is 2.95.